The van der Waals surface area contributed by atoms with Crippen LogP contribution in [0, 0.1) is 0 Å². The van der Waals surface area contributed by atoms with E-state index in [1.165, 1.54) is 45.4 Å². The van der Waals surface area contributed by atoms with E-state index in [0.717, 1.165) is 4.31 Å². The number of methoxy groups -OCH3 is 2. The molecule has 33 heavy (non-hydrogen) atoms. The highest BCUT2D eigenvalue weighted by atomic mass is 32.2. The summed E-state index contributed by atoms with van der Waals surface area (Å²) in [7, 11) is -1.28. The smallest absolute Gasteiger partial charge is 0.264 e. The molecule has 0 aliphatic rings. The maximum absolute atomic E-state index is 13.5. The number of ketones is 1. The van der Waals surface area contributed by atoms with Crippen LogP contribution in [0.3, 0.4) is 0 Å². The van der Waals surface area contributed by atoms with E-state index in [9.17, 15) is 18.0 Å². The van der Waals surface area contributed by atoms with Crippen molar-refractivity contribution in [3.05, 3.63) is 78.4 Å². The molecule has 1 N–H and O–H groups in total. The number of rotatable bonds is 9. The Morgan fingerprint density at radius 1 is 0.879 bits per heavy atom. The summed E-state index contributed by atoms with van der Waals surface area (Å²) < 4.78 is 38.5. The van der Waals surface area contributed by atoms with Gasteiger partial charge in [-0.1, -0.05) is 30.3 Å². The van der Waals surface area contributed by atoms with Gasteiger partial charge in [-0.05, 0) is 43.3 Å². The molecule has 0 unspecified atom stereocenters. The van der Waals surface area contributed by atoms with Crippen molar-refractivity contribution < 1.29 is 27.5 Å². The van der Waals surface area contributed by atoms with E-state index in [1.54, 1.807) is 48.5 Å². The van der Waals surface area contributed by atoms with Gasteiger partial charge in [-0.15, -0.1) is 0 Å². The van der Waals surface area contributed by atoms with Crippen molar-refractivity contribution in [3.8, 4) is 11.5 Å². The van der Waals surface area contributed by atoms with Gasteiger partial charge in [0.05, 0.1) is 24.8 Å². The molecule has 0 fully saturated rings. The third-order valence-corrected chi connectivity index (χ3v) is 6.60. The van der Waals surface area contributed by atoms with Crippen LogP contribution in [0.1, 0.15) is 17.3 Å². The van der Waals surface area contributed by atoms with Crippen LogP contribution in [-0.4, -0.2) is 40.9 Å². The number of hydrogen-bond donors (Lipinski definition) is 1. The number of hydrogen-bond acceptors (Lipinski definition) is 6. The molecule has 1 amide bonds. The fraction of sp³-hybridized carbons (Fsp3) is 0.167. The van der Waals surface area contributed by atoms with Gasteiger partial charge in [0.25, 0.3) is 10.0 Å². The standard InChI is InChI=1S/C24H24N2O6S/c1-17(27)18-8-7-9-19(14-18)25-24(28)16-26(20-10-5-4-6-11-20)33(29,30)21-12-13-22(31-2)23(15-21)32-3/h4-15H,16H2,1-3H3,(H,25,28). The average molecular weight is 469 g/mol. The van der Waals surface area contributed by atoms with Gasteiger partial charge in [0.15, 0.2) is 17.3 Å². The minimum Gasteiger partial charge on any atom is -0.493 e. The summed E-state index contributed by atoms with van der Waals surface area (Å²) in [6.07, 6.45) is 0. The molecule has 8 nitrogen and oxygen atoms in total. The molecule has 0 spiro atoms. The summed E-state index contributed by atoms with van der Waals surface area (Å²) in [6, 6.07) is 19.0. The Labute approximate surface area is 192 Å². The lowest BCUT2D eigenvalue weighted by Crippen LogP contribution is -2.38. The number of nitrogens with zero attached hydrogens (tertiary/aromatic N) is 1. The van der Waals surface area contributed by atoms with Crippen molar-refractivity contribution in [3.63, 3.8) is 0 Å². The summed E-state index contributed by atoms with van der Waals surface area (Å²) in [4.78, 5) is 24.4. The highest BCUT2D eigenvalue weighted by Gasteiger charge is 2.28. The minimum atomic E-state index is -4.14. The van der Waals surface area contributed by atoms with Crippen LogP contribution in [0.5, 0.6) is 11.5 Å². The normalized spacial score (nSPS) is 10.9. The van der Waals surface area contributed by atoms with E-state index >= 15 is 0 Å². The second kappa shape index (κ2) is 10.2. The lowest BCUT2D eigenvalue weighted by atomic mass is 10.1. The molecule has 0 atom stereocenters. The number of ether oxygens (including phenoxy) is 2. The predicted molar refractivity (Wildman–Crippen MR) is 126 cm³/mol. The number of nitrogens with one attached hydrogen (secondary N) is 1. The van der Waals surface area contributed by atoms with E-state index in [-0.39, 0.29) is 16.4 Å². The van der Waals surface area contributed by atoms with Gasteiger partial charge in [-0.25, -0.2) is 8.42 Å². The summed E-state index contributed by atoms with van der Waals surface area (Å²) >= 11 is 0. The third kappa shape index (κ3) is 5.50. The first-order chi connectivity index (χ1) is 15.8. The molecule has 0 aliphatic carbocycles. The van der Waals surface area contributed by atoms with Gasteiger partial charge < -0.3 is 14.8 Å². The molecule has 0 heterocycles. The molecule has 0 aliphatic heterocycles. The Morgan fingerprint density at radius 2 is 1.58 bits per heavy atom. The lowest BCUT2D eigenvalue weighted by molar-refractivity contribution is -0.114. The summed E-state index contributed by atoms with van der Waals surface area (Å²) in [5.74, 6) is -0.0838. The summed E-state index contributed by atoms with van der Waals surface area (Å²) in [5, 5.41) is 2.66. The van der Waals surface area contributed by atoms with Crippen LogP contribution in [0.2, 0.25) is 0 Å². The highest BCUT2D eigenvalue weighted by molar-refractivity contribution is 7.92. The molecule has 0 bridgehead atoms. The van der Waals surface area contributed by atoms with E-state index < -0.39 is 22.5 Å². The van der Waals surface area contributed by atoms with Gasteiger partial charge in [0.2, 0.25) is 5.91 Å². The maximum Gasteiger partial charge on any atom is 0.264 e. The molecule has 0 aromatic heterocycles. The quantitative estimate of drug-likeness (QED) is 0.480. The Morgan fingerprint density at radius 3 is 2.21 bits per heavy atom. The average Bonchev–Trinajstić information content (AvgIpc) is 2.82. The van der Waals surface area contributed by atoms with Crippen molar-refractivity contribution in [2.75, 3.05) is 30.4 Å². The van der Waals surface area contributed by atoms with E-state index in [1.807, 2.05) is 0 Å². The van der Waals surface area contributed by atoms with Crippen molar-refractivity contribution in [2.45, 2.75) is 11.8 Å². The fourth-order valence-electron chi connectivity index (χ4n) is 3.16. The van der Waals surface area contributed by atoms with Crippen LogP contribution >= 0.6 is 0 Å². The van der Waals surface area contributed by atoms with Crippen LogP contribution < -0.4 is 19.1 Å². The number of Topliss-reactive ketones (excluding diaryl/α,β-unsaturated/α-hetero) is 1. The number of para-hydroxylation sites is 1. The number of amides is 1. The largest absolute Gasteiger partial charge is 0.493 e. The highest BCUT2D eigenvalue weighted by Crippen LogP contribution is 2.32. The van der Waals surface area contributed by atoms with Crippen LogP contribution in [0.25, 0.3) is 0 Å². The second-order valence-corrected chi connectivity index (χ2v) is 8.91. The molecule has 3 aromatic carbocycles. The zero-order chi connectivity index (χ0) is 24.0. The maximum atomic E-state index is 13.5. The summed E-state index contributed by atoms with van der Waals surface area (Å²) in [5.41, 5.74) is 1.15. The Bertz CT molecular complexity index is 1260. The van der Waals surface area contributed by atoms with Gasteiger partial charge in [-0.3, -0.25) is 13.9 Å². The lowest BCUT2D eigenvalue weighted by Gasteiger charge is -2.24. The summed E-state index contributed by atoms with van der Waals surface area (Å²) in [6.45, 7) is 0.943. The van der Waals surface area contributed by atoms with E-state index in [4.69, 9.17) is 9.47 Å². The first kappa shape index (κ1) is 23.8. The molecule has 3 aromatic rings. The second-order valence-electron chi connectivity index (χ2n) is 7.05. The predicted octanol–water partition coefficient (Wildman–Crippen LogP) is 3.74. The third-order valence-electron chi connectivity index (χ3n) is 4.83. The van der Waals surface area contributed by atoms with Crippen molar-refractivity contribution >= 4 is 33.1 Å². The SMILES string of the molecule is COc1ccc(S(=O)(=O)N(CC(=O)Nc2cccc(C(C)=O)c2)c2ccccc2)cc1OC. The monoisotopic (exact) mass is 468 g/mol. The van der Waals surface area contributed by atoms with E-state index in [2.05, 4.69) is 5.32 Å². The van der Waals surface area contributed by atoms with Crippen molar-refractivity contribution in [2.24, 2.45) is 0 Å². The van der Waals surface area contributed by atoms with Crippen LogP contribution in [0.4, 0.5) is 11.4 Å². The number of sulfonamides is 1. The van der Waals surface area contributed by atoms with E-state index in [0.29, 0.717) is 22.7 Å². The Balaban J connectivity index is 1.95. The number of anilines is 2. The van der Waals surface area contributed by atoms with Gasteiger partial charge >= 0.3 is 0 Å². The fourth-order valence-corrected chi connectivity index (χ4v) is 4.60. The van der Waals surface area contributed by atoms with Crippen molar-refractivity contribution in [1.82, 2.24) is 0 Å². The topological polar surface area (TPSA) is 102 Å². The molecular weight excluding hydrogens is 444 g/mol. The van der Waals surface area contributed by atoms with Crippen LogP contribution in [0.15, 0.2) is 77.7 Å². The minimum absolute atomic E-state index is 0.0598. The molecule has 3 rings (SSSR count). The Kier molecular flexibility index (Phi) is 7.34. The molecule has 172 valence electrons. The zero-order valence-electron chi connectivity index (χ0n) is 18.4. The van der Waals surface area contributed by atoms with Gasteiger partial charge in [0, 0.05) is 17.3 Å². The zero-order valence-corrected chi connectivity index (χ0v) is 19.3. The first-order valence-electron chi connectivity index (χ1n) is 9.97. The molecule has 0 radical (unpaired) electrons. The van der Waals surface area contributed by atoms with Crippen LogP contribution in [-0.2, 0) is 14.8 Å². The number of carbonyl (C=O) groups excluding carboxylic acids is 2. The van der Waals surface area contributed by atoms with Gasteiger partial charge in [-0.2, -0.15) is 0 Å². The molecular formula is C24H24N2O6S. The number of benzene rings is 3. The van der Waals surface area contributed by atoms with Crippen molar-refractivity contribution in [1.29, 1.82) is 0 Å². The Hall–Kier alpha value is -3.85. The van der Waals surface area contributed by atoms with Gasteiger partial charge in [0.1, 0.15) is 6.54 Å². The molecule has 0 saturated carbocycles. The first-order valence-corrected chi connectivity index (χ1v) is 11.4. The molecule has 0 saturated heterocycles. The number of carbonyl (C=O) groups is 2. The molecule has 9 heteroatoms.